The summed E-state index contributed by atoms with van der Waals surface area (Å²) >= 11 is 0. The largest absolute Gasteiger partial charge is 0.327 e. The molecule has 9 heavy (non-hydrogen) atoms. The van der Waals surface area contributed by atoms with Gasteiger partial charge in [0.05, 0.1) is 0 Å². The van der Waals surface area contributed by atoms with Crippen molar-refractivity contribution in [3.8, 4) is 0 Å². The number of rotatable bonds is 0. The van der Waals surface area contributed by atoms with Gasteiger partial charge in [-0.1, -0.05) is 6.92 Å². The summed E-state index contributed by atoms with van der Waals surface area (Å²) in [6, 6.07) is 0.416. The third-order valence-electron chi connectivity index (χ3n) is 1.87. The van der Waals surface area contributed by atoms with E-state index in [1.807, 2.05) is 0 Å². The van der Waals surface area contributed by atoms with E-state index in [-0.39, 0.29) is 0 Å². The molecule has 0 unspecified atom stereocenters. The first-order valence-electron chi connectivity index (χ1n) is 3.62. The Balaban J connectivity index is 2.34. The summed E-state index contributed by atoms with van der Waals surface area (Å²) in [5.74, 6) is 0.791. The van der Waals surface area contributed by atoms with Crippen molar-refractivity contribution in [2.45, 2.75) is 19.4 Å². The first-order chi connectivity index (χ1) is 4.18. The molecule has 0 aliphatic carbocycles. The maximum Gasteiger partial charge on any atom is 0.0170 e. The van der Waals surface area contributed by atoms with Crippen LogP contribution < -0.4 is 5.73 Å². The Morgan fingerprint density at radius 2 is 2.11 bits per heavy atom. The molecule has 2 heteroatoms. The van der Waals surface area contributed by atoms with Gasteiger partial charge in [-0.05, 0) is 19.4 Å². The monoisotopic (exact) mass is 128 g/mol. The molecule has 0 bridgehead atoms. The molecule has 2 nitrogen and oxygen atoms in total. The lowest BCUT2D eigenvalue weighted by molar-refractivity contribution is 0.199. The molecule has 1 aliphatic heterocycles. The summed E-state index contributed by atoms with van der Waals surface area (Å²) in [5.41, 5.74) is 5.77. The van der Waals surface area contributed by atoms with Crippen LogP contribution in [0.3, 0.4) is 0 Å². The molecule has 0 aromatic heterocycles. The van der Waals surface area contributed by atoms with Gasteiger partial charge in [-0.3, -0.25) is 0 Å². The number of likely N-dealkylation sites (tertiary alicyclic amines) is 1. The van der Waals surface area contributed by atoms with Gasteiger partial charge in [0.15, 0.2) is 0 Å². The molecule has 1 heterocycles. The average Bonchev–Trinajstić information content (AvgIpc) is 1.59. The van der Waals surface area contributed by atoms with Crippen molar-refractivity contribution in [3.63, 3.8) is 0 Å². The zero-order chi connectivity index (χ0) is 6.85. The van der Waals surface area contributed by atoms with Crippen LogP contribution in [0.15, 0.2) is 0 Å². The number of likely N-dealkylation sites (N-methyl/N-ethyl adjacent to an activating group) is 1. The minimum atomic E-state index is 0.416. The fraction of sp³-hybridized carbons (Fsp3) is 1.00. The zero-order valence-corrected chi connectivity index (χ0v) is 6.30. The Bertz CT molecular complexity index is 67.9. The predicted octanol–water partition coefficient (Wildman–Crippen LogP) is 0.285. The predicted molar refractivity (Wildman–Crippen MR) is 39.3 cm³/mol. The van der Waals surface area contributed by atoms with Gasteiger partial charge < -0.3 is 10.6 Å². The maximum absolute atomic E-state index is 5.77. The normalized spacial score (nSPS) is 39.0. The summed E-state index contributed by atoms with van der Waals surface area (Å²) < 4.78 is 0. The molecule has 0 aromatic rings. The van der Waals surface area contributed by atoms with E-state index < -0.39 is 0 Å². The molecule has 54 valence electrons. The molecule has 1 aliphatic rings. The van der Waals surface area contributed by atoms with Crippen LogP contribution in [-0.4, -0.2) is 31.1 Å². The third kappa shape index (κ3) is 1.95. The molecule has 1 saturated heterocycles. The number of hydrogen-bond acceptors (Lipinski definition) is 2. The first kappa shape index (κ1) is 7.03. The quantitative estimate of drug-likeness (QED) is 0.508. The molecular weight excluding hydrogens is 112 g/mol. The molecular formula is C7H16N2. The third-order valence-corrected chi connectivity index (χ3v) is 1.87. The highest BCUT2D eigenvalue weighted by atomic mass is 15.1. The Morgan fingerprint density at radius 1 is 1.44 bits per heavy atom. The topological polar surface area (TPSA) is 29.3 Å². The second-order valence-electron chi connectivity index (χ2n) is 3.32. The number of nitrogens with two attached hydrogens (primary N) is 1. The highest BCUT2D eigenvalue weighted by molar-refractivity contribution is 4.76. The van der Waals surface area contributed by atoms with Gasteiger partial charge in [-0.2, -0.15) is 0 Å². The standard InChI is InChI=1S/C7H16N2/c1-6-3-7(8)5-9(2)4-6/h6-7H,3-5,8H2,1-2H3/t6-,7+/m1/s1. The molecule has 1 rings (SSSR count). The van der Waals surface area contributed by atoms with Crippen molar-refractivity contribution in [1.82, 2.24) is 4.90 Å². The first-order valence-corrected chi connectivity index (χ1v) is 3.62. The average molecular weight is 128 g/mol. The minimum absolute atomic E-state index is 0.416. The van der Waals surface area contributed by atoms with Crippen LogP contribution >= 0.6 is 0 Å². The molecule has 2 atom stereocenters. The van der Waals surface area contributed by atoms with E-state index in [4.69, 9.17) is 5.73 Å². The lowest BCUT2D eigenvalue weighted by Gasteiger charge is -2.31. The second kappa shape index (κ2) is 2.67. The Labute approximate surface area is 57.0 Å². The van der Waals surface area contributed by atoms with Crippen LogP contribution in [0, 0.1) is 5.92 Å². The molecule has 1 fully saturated rings. The summed E-state index contributed by atoms with van der Waals surface area (Å²) in [7, 11) is 2.13. The van der Waals surface area contributed by atoms with Crippen molar-refractivity contribution >= 4 is 0 Å². The lowest BCUT2D eigenvalue weighted by atomic mass is 9.97. The summed E-state index contributed by atoms with van der Waals surface area (Å²) in [5, 5.41) is 0. The van der Waals surface area contributed by atoms with Crippen molar-refractivity contribution < 1.29 is 0 Å². The number of hydrogen-bond donors (Lipinski definition) is 1. The molecule has 0 radical (unpaired) electrons. The van der Waals surface area contributed by atoms with Gasteiger partial charge in [0.25, 0.3) is 0 Å². The Hall–Kier alpha value is -0.0800. The van der Waals surface area contributed by atoms with Crippen molar-refractivity contribution in [1.29, 1.82) is 0 Å². The van der Waals surface area contributed by atoms with E-state index in [1.54, 1.807) is 0 Å². The maximum atomic E-state index is 5.77. The van der Waals surface area contributed by atoms with Gasteiger partial charge in [0.2, 0.25) is 0 Å². The van der Waals surface area contributed by atoms with Crippen molar-refractivity contribution in [3.05, 3.63) is 0 Å². The van der Waals surface area contributed by atoms with Crippen molar-refractivity contribution in [2.75, 3.05) is 20.1 Å². The van der Waals surface area contributed by atoms with E-state index in [0.717, 1.165) is 12.5 Å². The van der Waals surface area contributed by atoms with E-state index >= 15 is 0 Å². The van der Waals surface area contributed by atoms with Gasteiger partial charge in [-0.25, -0.2) is 0 Å². The molecule has 0 amide bonds. The minimum Gasteiger partial charge on any atom is -0.327 e. The number of piperidine rings is 1. The van der Waals surface area contributed by atoms with E-state index in [1.165, 1.54) is 13.0 Å². The van der Waals surface area contributed by atoms with Crippen LogP contribution in [-0.2, 0) is 0 Å². The van der Waals surface area contributed by atoms with Crippen LogP contribution in [0.2, 0.25) is 0 Å². The zero-order valence-electron chi connectivity index (χ0n) is 6.30. The van der Waals surface area contributed by atoms with Crippen LogP contribution in [0.1, 0.15) is 13.3 Å². The highest BCUT2D eigenvalue weighted by Gasteiger charge is 2.18. The van der Waals surface area contributed by atoms with Gasteiger partial charge in [0, 0.05) is 19.1 Å². The molecule has 0 spiro atoms. The van der Waals surface area contributed by atoms with Crippen LogP contribution in [0.5, 0.6) is 0 Å². The fourth-order valence-corrected chi connectivity index (χ4v) is 1.67. The molecule has 0 saturated carbocycles. The van der Waals surface area contributed by atoms with Gasteiger partial charge >= 0.3 is 0 Å². The number of nitrogens with zero attached hydrogens (tertiary/aromatic N) is 1. The lowest BCUT2D eigenvalue weighted by Crippen LogP contribution is -2.44. The van der Waals surface area contributed by atoms with Crippen LogP contribution in [0.4, 0.5) is 0 Å². The van der Waals surface area contributed by atoms with E-state index in [9.17, 15) is 0 Å². The fourth-order valence-electron chi connectivity index (χ4n) is 1.67. The van der Waals surface area contributed by atoms with Crippen molar-refractivity contribution in [2.24, 2.45) is 11.7 Å². The molecule has 0 aromatic carbocycles. The summed E-state index contributed by atoms with van der Waals surface area (Å²) in [6.07, 6.45) is 1.20. The summed E-state index contributed by atoms with van der Waals surface area (Å²) in [4.78, 5) is 2.30. The van der Waals surface area contributed by atoms with Crippen LogP contribution in [0.25, 0.3) is 0 Å². The second-order valence-corrected chi connectivity index (χ2v) is 3.32. The van der Waals surface area contributed by atoms with E-state index in [0.29, 0.717) is 6.04 Å². The van der Waals surface area contributed by atoms with Gasteiger partial charge in [0.1, 0.15) is 0 Å². The SMILES string of the molecule is C[C@@H]1C[C@H](N)CN(C)C1. The Morgan fingerprint density at radius 3 is 2.56 bits per heavy atom. The summed E-state index contributed by atoms with van der Waals surface area (Å²) in [6.45, 7) is 4.55. The van der Waals surface area contributed by atoms with Gasteiger partial charge in [-0.15, -0.1) is 0 Å². The highest BCUT2D eigenvalue weighted by Crippen LogP contribution is 2.12. The van der Waals surface area contributed by atoms with E-state index in [2.05, 4.69) is 18.9 Å². The smallest absolute Gasteiger partial charge is 0.0170 e. The molecule has 2 N–H and O–H groups in total. The Kier molecular flexibility index (Phi) is 2.09.